The number of fused-ring (bicyclic) bond motifs is 12. The van der Waals surface area contributed by atoms with Crippen molar-refractivity contribution in [1.82, 2.24) is 14.5 Å². The Morgan fingerprint density at radius 1 is 0.442 bits per heavy atom. The Labute approximate surface area is 299 Å². The lowest BCUT2D eigenvalue weighted by atomic mass is 10.1. The van der Waals surface area contributed by atoms with Crippen molar-refractivity contribution in [3.05, 3.63) is 152 Å². The van der Waals surface area contributed by atoms with E-state index in [0.29, 0.717) is 5.82 Å². The fourth-order valence-corrected chi connectivity index (χ4v) is 9.19. The second kappa shape index (κ2) is 10.4. The highest BCUT2D eigenvalue weighted by molar-refractivity contribution is 7.26. The summed E-state index contributed by atoms with van der Waals surface area (Å²) in [4.78, 5) is 10.7. The van der Waals surface area contributed by atoms with Crippen LogP contribution in [-0.4, -0.2) is 14.5 Å². The minimum absolute atomic E-state index is 0.654. The molecule has 0 amide bonds. The van der Waals surface area contributed by atoms with Gasteiger partial charge in [0, 0.05) is 59.2 Å². The van der Waals surface area contributed by atoms with Gasteiger partial charge in [-0.25, -0.2) is 9.97 Å². The van der Waals surface area contributed by atoms with E-state index in [-0.39, 0.29) is 0 Å². The quantitative estimate of drug-likeness (QED) is 0.186. The topological polar surface area (TPSA) is 57.0 Å². The van der Waals surface area contributed by atoms with E-state index < -0.39 is 0 Å². The van der Waals surface area contributed by atoms with Crippen LogP contribution < -0.4 is 0 Å². The number of para-hydroxylation sites is 4. The van der Waals surface area contributed by atoms with E-state index in [1.54, 1.807) is 11.3 Å². The average Bonchev–Trinajstić information content (AvgIpc) is 3.95. The van der Waals surface area contributed by atoms with Crippen molar-refractivity contribution in [2.45, 2.75) is 0 Å². The lowest BCUT2D eigenvalue weighted by molar-refractivity contribution is 0.668. The monoisotopic (exact) mass is 683 g/mol. The maximum atomic E-state index is 6.36. The van der Waals surface area contributed by atoms with Crippen LogP contribution in [0.4, 0.5) is 0 Å². The molecule has 0 bridgehead atoms. The van der Waals surface area contributed by atoms with Crippen LogP contribution >= 0.6 is 11.3 Å². The Morgan fingerprint density at radius 2 is 1.06 bits per heavy atom. The van der Waals surface area contributed by atoms with Crippen LogP contribution in [0.5, 0.6) is 0 Å². The fourth-order valence-electron chi connectivity index (χ4n) is 8.02. The highest BCUT2D eigenvalue weighted by Crippen LogP contribution is 2.44. The zero-order valence-electron chi connectivity index (χ0n) is 27.5. The first-order chi connectivity index (χ1) is 25.7. The van der Waals surface area contributed by atoms with Gasteiger partial charge in [-0.05, 0) is 66.7 Å². The van der Waals surface area contributed by atoms with Crippen LogP contribution in [0.15, 0.2) is 160 Å². The molecular weight excluding hydrogens is 659 g/mol. The maximum Gasteiger partial charge on any atom is 0.160 e. The average molecular weight is 684 g/mol. The lowest BCUT2D eigenvalue weighted by Gasteiger charge is -2.08. The molecule has 0 aliphatic rings. The third kappa shape index (κ3) is 3.92. The minimum Gasteiger partial charge on any atom is -0.456 e. The zero-order chi connectivity index (χ0) is 33.9. The number of benzene rings is 7. The first kappa shape index (κ1) is 28.0. The van der Waals surface area contributed by atoms with E-state index in [1.807, 2.05) is 30.3 Å². The highest BCUT2D eigenvalue weighted by atomic mass is 32.1. The summed E-state index contributed by atoms with van der Waals surface area (Å²) in [5.41, 5.74) is 10.6. The summed E-state index contributed by atoms with van der Waals surface area (Å²) in [5, 5.41) is 7.90. The predicted octanol–water partition coefficient (Wildman–Crippen LogP) is 13.1. The molecule has 5 heterocycles. The number of furan rings is 2. The molecule has 5 nitrogen and oxygen atoms in total. The molecule has 0 saturated heterocycles. The molecule has 12 aromatic rings. The largest absolute Gasteiger partial charge is 0.456 e. The number of hydrogen-bond acceptors (Lipinski definition) is 5. The van der Waals surface area contributed by atoms with Gasteiger partial charge >= 0.3 is 0 Å². The summed E-state index contributed by atoms with van der Waals surface area (Å²) < 4.78 is 17.2. The predicted molar refractivity (Wildman–Crippen MR) is 215 cm³/mol. The van der Waals surface area contributed by atoms with Gasteiger partial charge in [-0.1, -0.05) is 84.9 Å². The van der Waals surface area contributed by atoms with Crippen LogP contribution in [0.2, 0.25) is 0 Å². The van der Waals surface area contributed by atoms with Crippen molar-refractivity contribution >= 4 is 97.3 Å². The molecule has 0 saturated carbocycles. The molecule has 0 N–H and O–H groups in total. The summed E-state index contributed by atoms with van der Waals surface area (Å²) in [7, 11) is 0. The van der Waals surface area contributed by atoms with Gasteiger partial charge in [-0.2, -0.15) is 0 Å². The van der Waals surface area contributed by atoms with Gasteiger partial charge in [0.2, 0.25) is 0 Å². The van der Waals surface area contributed by atoms with E-state index in [0.717, 1.165) is 86.7 Å². The first-order valence-corrected chi connectivity index (χ1v) is 18.1. The van der Waals surface area contributed by atoms with Gasteiger partial charge in [0.25, 0.3) is 0 Å². The molecule has 0 aliphatic heterocycles. The van der Waals surface area contributed by atoms with Gasteiger partial charge in [-0.15, -0.1) is 11.3 Å². The number of rotatable bonds is 3. The molecule has 0 aliphatic carbocycles. The molecule has 7 aromatic carbocycles. The van der Waals surface area contributed by atoms with Crippen LogP contribution in [-0.2, 0) is 0 Å². The second-order valence-corrected chi connectivity index (χ2v) is 14.4. The van der Waals surface area contributed by atoms with Crippen molar-refractivity contribution in [2.75, 3.05) is 0 Å². The summed E-state index contributed by atoms with van der Waals surface area (Å²) in [6, 6.07) is 53.0. The molecule has 12 rings (SSSR count). The van der Waals surface area contributed by atoms with E-state index in [4.69, 9.17) is 18.8 Å². The molecule has 242 valence electrons. The van der Waals surface area contributed by atoms with Gasteiger partial charge in [0.15, 0.2) is 5.82 Å². The van der Waals surface area contributed by atoms with E-state index in [2.05, 4.69) is 126 Å². The van der Waals surface area contributed by atoms with E-state index >= 15 is 0 Å². The lowest BCUT2D eigenvalue weighted by Crippen LogP contribution is -1.93. The third-order valence-electron chi connectivity index (χ3n) is 10.4. The molecule has 0 spiro atoms. The third-order valence-corrected chi connectivity index (χ3v) is 11.6. The molecule has 0 atom stereocenters. The van der Waals surface area contributed by atoms with Gasteiger partial charge in [-0.3, -0.25) is 0 Å². The van der Waals surface area contributed by atoms with Crippen LogP contribution in [0, 0.1) is 0 Å². The van der Waals surface area contributed by atoms with E-state index in [1.165, 1.54) is 21.8 Å². The highest BCUT2D eigenvalue weighted by Gasteiger charge is 2.21. The minimum atomic E-state index is 0.654. The molecule has 0 fully saturated rings. The van der Waals surface area contributed by atoms with Crippen LogP contribution in [0.1, 0.15) is 0 Å². The number of thiophene rings is 1. The van der Waals surface area contributed by atoms with Crippen LogP contribution in [0.3, 0.4) is 0 Å². The van der Waals surface area contributed by atoms with Crippen molar-refractivity contribution in [3.8, 4) is 28.3 Å². The van der Waals surface area contributed by atoms with Crippen molar-refractivity contribution < 1.29 is 8.83 Å². The molecule has 6 heteroatoms. The second-order valence-electron chi connectivity index (χ2n) is 13.3. The van der Waals surface area contributed by atoms with Gasteiger partial charge in [0.05, 0.1) is 26.9 Å². The summed E-state index contributed by atoms with van der Waals surface area (Å²) in [6.07, 6.45) is 0. The zero-order valence-corrected chi connectivity index (χ0v) is 28.3. The Kier molecular flexibility index (Phi) is 5.59. The van der Waals surface area contributed by atoms with Gasteiger partial charge < -0.3 is 13.4 Å². The Bertz CT molecular complexity index is 3420. The summed E-state index contributed by atoms with van der Waals surface area (Å²) >= 11 is 1.74. The standard InChI is InChI=1S/C46H25N3O2S/c1-2-10-28(11-3-1)49-36-15-7-4-12-29(36)34-24-35-42(25-37(34)49)52-45-43(26-18-20-32-30-13-5-8-16-38(30)50-40(32)22-26)47-46(48-44(35)45)27-19-21-33-31-14-6-9-17-39(31)51-41(33)23-27/h1-25H. The normalized spacial score (nSPS) is 12.2. The molecule has 0 radical (unpaired) electrons. The Balaban J connectivity index is 1.16. The summed E-state index contributed by atoms with van der Waals surface area (Å²) in [5.74, 6) is 0.654. The van der Waals surface area contributed by atoms with E-state index in [9.17, 15) is 0 Å². The van der Waals surface area contributed by atoms with Crippen molar-refractivity contribution in [2.24, 2.45) is 0 Å². The number of nitrogens with zero attached hydrogens (tertiary/aromatic N) is 3. The smallest absolute Gasteiger partial charge is 0.160 e. The summed E-state index contributed by atoms with van der Waals surface area (Å²) in [6.45, 7) is 0. The van der Waals surface area contributed by atoms with Crippen LogP contribution in [0.25, 0.3) is 114 Å². The van der Waals surface area contributed by atoms with Crippen molar-refractivity contribution in [1.29, 1.82) is 0 Å². The van der Waals surface area contributed by atoms with Crippen molar-refractivity contribution in [3.63, 3.8) is 0 Å². The SMILES string of the molecule is c1ccc(-n2c3ccccc3c3cc4c(cc32)sc2c(-c3ccc5c(c3)oc3ccccc35)nc(-c3ccc5c(c3)oc3ccccc35)nc24)cc1. The molecule has 52 heavy (non-hydrogen) atoms. The van der Waals surface area contributed by atoms with Gasteiger partial charge in [0.1, 0.15) is 22.3 Å². The first-order valence-electron chi connectivity index (χ1n) is 17.3. The maximum absolute atomic E-state index is 6.36. The number of hydrogen-bond donors (Lipinski definition) is 0. The molecule has 5 aromatic heterocycles. The Morgan fingerprint density at radius 3 is 1.81 bits per heavy atom. The molecule has 0 unspecified atom stereocenters. The Hall–Kier alpha value is -6.76. The fraction of sp³-hybridized carbons (Fsp3) is 0. The molecular formula is C46H25N3O2S. The number of aromatic nitrogens is 3.